The fraction of sp³-hybridized carbons (Fsp3) is 0.444. The van der Waals surface area contributed by atoms with Crippen molar-refractivity contribution in [1.29, 1.82) is 0 Å². The Labute approximate surface area is 90.6 Å². The molecule has 0 heterocycles. The van der Waals surface area contributed by atoms with Gasteiger partial charge in [-0.2, -0.15) is 0 Å². The van der Waals surface area contributed by atoms with Crippen LogP contribution in [0.3, 0.4) is 0 Å². The van der Waals surface area contributed by atoms with Gasteiger partial charge in [-0.25, -0.2) is 4.79 Å². The van der Waals surface area contributed by atoms with Crippen LogP contribution in [0.25, 0.3) is 0 Å². The van der Waals surface area contributed by atoms with Gasteiger partial charge in [-0.1, -0.05) is 6.58 Å². The van der Waals surface area contributed by atoms with Crippen LogP contribution in [0.4, 0.5) is 0 Å². The fourth-order valence-corrected chi connectivity index (χ4v) is 2.13. The van der Waals surface area contributed by atoms with E-state index in [-0.39, 0.29) is 6.61 Å². The molecule has 0 atom stereocenters. The van der Waals surface area contributed by atoms with Gasteiger partial charge in [0.2, 0.25) is 0 Å². The quantitative estimate of drug-likeness (QED) is 0.367. The third-order valence-electron chi connectivity index (χ3n) is 1.66. The van der Waals surface area contributed by atoms with E-state index in [1.165, 1.54) is 21.3 Å². The molecule has 6 heteroatoms. The van der Waals surface area contributed by atoms with Gasteiger partial charge in [0.1, 0.15) is 6.61 Å². The van der Waals surface area contributed by atoms with Gasteiger partial charge in [0.25, 0.3) is 0 Å². The normalized spacial score (nSPS) is 11.7. The van der Waals surface area contributed by atoms with E-state index >= 15 is 0 Å². The van der Waals surface area contributed by atoms with Crippen molar-refractivity contribution in [3.05, 3.63) is 24.4 Å². The van der Waals surface area contributed by atoms with E-state index in [1.807, 2.05) is 0 Å². The molecule has 0 aliphatic rings. The number of rotatable bonds is 7. The van der Waals surface area contributed by atoms with Gasteiger partial charge in [0, 0.05) is 27.4 Å². The highest BCUT2D eigenvalue weighted by Crippen LogP contribution is 2.07. The molecular weight excluding hydrogens is 216 g/mol. The number of hydrogen-bond acceptors (Lipinski definition) is 5. The average molecular weight is 232 g/mol. The summed E-state index contributed by atoms with van der Waals surface area (Å²) in [6, 6.07) is 0. The van der Waals surface area contributed by atoms with Crippen LogP contribution < -0.4 is 0 Å². The molecule has 0 aromatic heterocycles. The maximum absolute atomic E-state index is 10.7. The van der Waals surface area contributed by atoms with Crippen molar-refractivity contribution in [2.24, 2.45) is 0 Å². The Bertz CT molecular complexity index is 226. The summed E-state index contributed by atoms with van der Waals surface area (Å²) >= 11 is 0. The van der Waals surface area contributed by atoms with Crippen molar-refractivity contribution in [3.63, 3.8) is 0 Å². The lowest BCUT2D eigenvalue weighted by atomic mass is 10.6. The minimum Gasteiger partial charge on any atom is -0.458 e. The monoisotopic (exact) mass is 232 g/mol. The first-order chi connectivity index (χ1) is 7.14. The van der Waals surface area contributed by atoms with Crippen molar-refractivity contribution in [2.45, 2.75) is 0 Å². The first kappa shape index (κ1) is 14.0. The molecule has 0 N–H and O–H groups in total. The highest BCUT2D eigenvalue weighted by Gasteiger charge is 2.34. The molecule has 0 aromatic rings. The van der Waals surface area contributed by atoms with Crippen molar-refractivity contribution < 1.29 is 22.8 Å². The summed E-state index contributed by atoms with van der Waals surface area (Å²) in [5.74, 6) is -0.473. The standard InChI is InChI=1S/C9H16O5Si/c1-5-9(10)14-7-6-8-15(11-2,12-3)13-4/h5-6,8H,1,7H2,2-4H3. The van der Waals surface area contributed by atoms with Gasteiger partial charge in [0.15, 0.2) is 0 Å². The maximum atomic E-state index is 10.7. The summed E-state index contributed by atoms with van der Waals surface area (Å²) in [4.78, 5) is 10.7. The molecule has 0 unspecified atom stereocenters. The zero-order valence-electron chi connectivity index (χ0n) is 9.19. The average Bonchev–Trinajstić information content (AvgIpc) is 2.30. The van der Waals surface area contributed by atoms with Crippen LogP contribution in [0.15, 0.2) is 24.4 Å². The molecule has 0 bridgehead atoms. The topological polar surface area (TPSA) is 54.0 Å². The molecule has 0 saturated carbocycles. The van der Waals surface area contributed by atoms with Crippen LogP contribution in [0.5, 0.6) is 0 Å². The Kier molecular flexibility index (Phi) is 6.89. The summed E-state index contributed by atoms with van der Waals surface area (Å²) in [7, 11) is 1.80. The molecule has 0 aliphatic heterocycles. The van der Waals surface area contributed by atoms with Crippen LogP contribution in [0, 0.1) is 0 Å². The minimum atomic E-state index is -2.70. The van der Waals surface area contributed by atoms with E-state index in [1.54, 1.807) is 11.8 Å². The molecule has 0 aliphatic carbocycles. The number of ether oxygens (including phenoxy) is 1. The molecule has 0 aromatic carbocycles. The summed E-state index contributed by atoms with van der Waals surface area (Å²) < 4.78 is 20.1. The van der Waals surface area contributed by atoms with Crippen molar-refractivity contribution >= 4 is 14.8 Å². The van der Waals surface area contributed by atoms with Crippen LogP contribution in [-0.2, 0) is 22.8 Å². The third kappa shape index (κ3) is 4.89. The predicted octanol–water partition coefficient (Wildman–Crippen LogP) is 0.689. The Morgan fingerprint density at radius 3 is 2.20 bits per heavy atom. The Morgan fingerprint density at radius 2 is 1.80 bits per heavy atom. The second-order valence-corrected chi connectivity index (χ2v) is 5.22. The second-order valence-electron chi connectivity index (χ2n) is 2.45. The fourth-order valence-electron chi connectivity index (χ4n) is 0.836. The lowest BCUT2D eigenvalue weighted by Gasteiger charge is -2.20. The van der Waals surface area contributed by atoms with Crippen molar-refractivity contribution in [2.75, 3.05) is 27.9 Å². The molecule has 0 amide bonds. The first-order valence-corrected chi connectivity index (χ1v) is 6.06. The minimum absolute atomic E-state index is 0.135. The van der Waals surface area contributed by atoms with Crippen LogP contribution >= 0.6 is 0 Å². The zero-order valence-corrected chi connectivity index (χ0v) is 10.2. The highest BCUT2D eigenvalue weighted by molar-refractivity contribution is 6.66. The zero-order chi connectivity index (χ0) is 11.7. The molecule has 0 saturated heterocycles. The molecule has 15 heavy (non-hydrogen) atoms. The number of carbonyl (C=O) groups is 1. The van der Waals surface area contributed by atoms with E-state index < -0.39 is 14.8 Å². The molecule has 0 radical (unpaired) electrons. The SMILES string of the molecule is C=CC(=O)OCC=C[Si](OC)(OC)OC. The number of esters is 1. The van der Waals surface area contributed by atoms with Crippen LogP contribution in [0.2, 0.25) is 0 Å². The van der Waals surface area contributed by atoms with E-state index in [9.17, 15) is 4.79 Å². The van der Waals surface area contributed by atoms with E-state index in [0.29, 0.717) is 0 Å². The number of hydrogen-bond donors (Lipinski definition) is 0. The molecular formula is C9H16O5Si. The highest BCUT2D eigenvalue weighted by atomic mass is 28.4. The predicted molar refractivity (Wildman–Crippen MR) is 57.1 cm³/mol. The van der Waals surface area contributed by atoms with E-state index in [0.717, 1.165) is 6.08 Å². The van der Waals surface area contributed by atoms with Crippen LogP contribution in [-0.4, -0.2) is 42.7 Å². The third-order valence-corrected chi connectivity index (χ3v) is 4.02. The lowest BCUT2D eigenvalue weighted by molar-refractivity contribution is -0.136. The Hall–Kier alpha value is -0.953. The summed E-state index contributed by atoms with van der Waals surface area (Å²) in [6.45, 7) is 3.41. The van der Waals surface area contributed by atoms with Crippen molar-refractivity contribution in [1.82, 2.24) is 0 Å². The van der Waals surface area contributed by atoms with Gasteiger partial charge >= 0.3 is 14.8 Å². The molecule has 5 nitrogen and oxygen atoms in total. The lowest BCUT2D eigenvalue weighted by Crippen LogP contribution is -2.41. The van der Waals surface area contributed by atoms with Gasteiger partial charge in [-0.05, 0) is 11.8 Å². The van der Waals surface area contributed by atoms with E-state index in [4.69, 9.17) is 18.0 Å². The maximum Gasteiger partial charge on any atom is 0.528 e. The molecule has 0 fully saturated rings. The molecule has 0 spiro atoms. The first-order valence-electron chi connectivity index (χ1n) is 4.26. The Balaban J connectivity index is 4.12. The molecule has 0 rings (SSSR count). The second kappa shape index (κ2) is 7.35. The van der Waals surface area contributed by atoms with Crippen LogP contribution in [0.1, 0.15) is 0 Å². The summed E-state index contributed by atoms with van der Waals surface area (Å²) in [6.07, 6.45) is 2.71. The Morgan fingerprint density at radius 1 is 1.27 bits per heavy atom. The summed E-state index contributed by atoms with van der Waals surface area (Å²) in [5.41, 5.74) is 1.64. The number of carbonyl (C=O) groups excluding carboxylic acids is 1. The van der Waals surface area contributed by atoms with Gasteiger partial charge in [-0.15, -0.1) is 0 Å². The van der Waals surface area contributed by atoms with Gasteiger partial charge in [0.05, 0.1) is 0 Å². The van der Waals surface area contributed by atoms with Gasteiger partial charge < -0.3 is 18.0 Å². The summed E-state index contributed by atoms with van der Waals surface area (Å²) in [5, 5.41) is 0. The van der Waals surface area contributed by atoms with E-state index in [2.05, 4.69) is 6.58 Å². The molecule has 86 valence electrons. The smallest absolute Gasteiger partial charge is 0.458 e. The van der Waals surface area contributed by atoms with Crippen molar-refractivity contribution in [3.8, 4) is 0 Å². The van der Waals surface area contributed by atoms with Gasteiger partial charge in [-0.3, -0.25) is 0 Å². The largest absolute Gasteiger partial charge is 0.528 e.